The summed E-state index contributed by atoms with van der Waals surface area (Å²) >= 11 is 0. The molecule has 1 unspecified atom stereocenters. The van der Waals surface area contributed by atoms with E-state index >= 15 is 0 Å². The summed E-state index contributed by atoms with van der Waals surface area (Å²) in [6, 6.07) is 13.6. The van der Waals surface area contributed by atoms with E-state index in [2.05, 4.69) is 71.1 Å². The number of nitrogens with two attached hydrogens (primary N) is 1. The van der Waals surface area contributed by atoms with Crippen molar-refractivity contribution in [3.8, 4) is 0 Å². The molecular formula is C30H37N5O2. The highest BCUT2D eigenvalue weighted by atomic mass is 16.2. The number of hydrogen-bond donors (Lipinski definition) is 3. The Bertz CT molecular complexity index is 1220. The smallest absolute Gasteiger partial charge is 0.243 e. The molecule has 4 N–H and O–H groups in total. The number of amides is 2. The van der Waals surface area contributed by atoms with Crippen LogP contribution in [-0.4, -0.2) is 46.9 Å². The lowest BCUT2D eigenvalue weighted by molar-refractivity contribution is -0.148. The van der Waals surface area contributed by atoms with Gasteiger partial charge in [0, 0.05) is 24.2 Å². The summed E-state index contributed by atoms with van der Waals surface area (Å²) in [5.74, 6) is 0.820. The van der Waals surface area contributed by atoms with E-state index in [9.17, 15) is 9.59 Å². The number of hydrogen-bond acceptors (Lipinski definition) is 5. The number of benzene rings is 1. The lowest BCUT2D eigenvalue weighted by Gasteiger charge is -2.41. The third kappa shape index (κ3) is 5.47. The van der Waals surface area contributed by atoms with E-state index in [0.29, 0.717) is 31.2 Å². The van der Waals surface area contributed by atoms with Gasteiger partial charge in [-0.25, -0.2) is 4.98 Å². The zero-order valence-corrected chi connectivity index (χ0v) is 21.7. The van der Waals surface area contributed by atoms with Crippen LogP contribution in [0.5, 0.6) is 0 Å². The van der Waals surface area contributed by atoms with E-state index < -0.39 is 6.04 Å². The Hall–Kier alpha value is -3.45. The highest BCUT2D eigenvalue weighted by Gasteiger charge is 2.42. The maximum atomic E-state index is 13.2. The molecule has 37 heavy (non-hydrogen) atoms. The van der Waals surface area contributed by atoms with E-state index in [4.69, 9.17) is 5.73 Å². The van der Waals surface area contributed by atoms with Gasteiger partial charge in [-0.3, -0.25) is 9.59 Å². The van der Waals surface area contributed by atoms with E-state index in [-0.39, 0.29) is 23.3 Å². The third-order valence-corrected chi connectivity index (χ3v) is 8.21. The number of carbonyl (C=O) groups excluding carboxylic acids is 2. The van der Waals surface area contributed by atoms with Crippen molar-refractivity contribution in [3.05, 3.63) is 83.1 Å². The molecule has 194 valence electrons. The molecule has 1 aromatic carbocycles. The van der Waals surface area contributed by atoms with Crippen molar-refractivity contribution in [2.45, 2.75) is 63.6 Å². The molecule has 3 heterocycles. The van der Waals surface area contributed by atoms with Crippen LogP contribution in [0.15, 0.2) is 66.3 Å². The molecule has 0 spiro atoms. The number of rotatable bonds is 7. The summed E-state index contributed by atoms with van der Waals surface area (Å²) in [6.07, 6.45) is 10.4. The number of aryl methyl sites for hydroxylation is 1. The van der Waals surface area contributed by atoms with Crippen LogP contribution in [0.1, 0.15) is 49.4 Å². The van der Waals surface area contributed by atoms with Crippen molar-refractivity contribution in [1.82, 2.24) is 20.5 Å². The summed E-state index contributed by atoms with van der Waals surface area (Å²) in [6.45, 7) is 6.00. The molecule has 2 saturated heterocycles. The second-order valence-corrected chi connectivity index (χ2v) is 10.9. The molecule has 2 amide bonds. The van der Waals surface area contributed by atoms with Crippen LogP contribution in [0.4, 0.5) is 5.82 Å². The summed E-state index contributed by atoms with van der Waals surface area (Å²) in [5, 5.41) is 6.39. The number of anilines is 1. The molecule has 5 rings (SSSR count). The minimum absolute atomic E-state index is 0.0351. The van der Waals surface area contributed by atoms with Crippen LogP contribution in [0.2, 0.25) is 0 Å². The Balaban J connectivity index is 1.10. The number of likely N-dealkylation sites (tertiary alicyclic amines) is 1. The van der Waals surface area contributed by atoms with Gasteiger partial charge in [0.05, 0.1) is 6.04 Å². The zero-order chi connectivity index (χ0) is 26.0. The van der Waals surface area contributed by atoms with E-state index in [0.717, 1.165) is 37.1 Å². The molecule has 0 bridgehead atoms. The molecule has 0 saturated carbocycles. The number of aromatic nitrogens is 1. The lowest BCUT2D eigenvalue weighted by atomic mass is 9.75. The van der Waals surface area contributed by atoms with Crippen LogP contribution in [0, 0.1) is 12.8 Å². The maximum absolute atomic E-state index is 13.2. The van der Waals surface area contributed by atoms with Gasteiger partial charge >= 0.3 is 0 Å². The van der Waals surface area contributed by atoms with Crippen LogP contribution in [0.3, 0.4) is 0 Å². The fourth-order valence-electron chi connectivity index (χ4n) is 5.66. The van der Waals surface area contributed by atoms with Gasteiger partial charge in [-0.2, -0.15) is 0 Å². The number of nitrogen functional groups attached to an aromatic ring is 1. The SMILES string of the molecule is Cc1nc(N)ccc1CNC(=O)[C@@H]1CCN1C(=O)[C@H]1C[C@H](CC2=CCC(C)(c3ccccc3)C=C2)CN1. The van der Waals surface area contributed by atoms with Crippen LogP contribution in [-0.2, 0) is 21.5 Å². The molecule has 1 aliphatic carbocycles. The van der Waals surface area contributed by atoms with Crippen molar-refractivity contribution >= 4 is 17.6 Å². The minimum atomic E-state index is -0.393. The van der Waals surface area contributed by atoms with Gasteiger partial charge in [-0.05, 0) is 62.3 Å². The number of nitrogens with zero attached hydrogens (tertiary/aromatic N) is 2. The second-order valence-electron chi connectivity index (χ2n) is 10.9. The van der Waals surface area contributed by atoms with E-state index in [1.807, 2.05) is 13.0 Å². The molecule has 2 fully saturated rings. The fourth-order valence-corrected chi connectivity index (χ4v) is 5.66. The van der Waals surface area contributed by atoms with Gasteiger partial charge in [0.1, 0.15) is 11.9 Å². The van der Waals surface area contributed by atoms with Gasteiger partial charge in [-0.1, -0.05) is 67.1 Å². The van der Waals surface area contributed by atoms with Gasteiger partial charge in [0.25, 0.3) is 0 Å². The van der Waals surface area contributed by atoms with Crippen molar-refractivity contribution in [3.63, 3.8) is 0 Å². The number of nitrogens with one attached hydrogen (secondary N) is 2. The van der Waals surface area contributed by atoms with Crippen molar-refractivity contribution in [1.29, 1.82) is 0 Å². The Morgan fingerprint density at radius 3 is 2.70 bits per heavy atom. The average Bonchev–Trinajstić information content (AvgIpc) is 3.33. The topological polar surface area (TPSA) is 100 Å². The van der Waals surface area contributed by atoms with Gasteiger partial charge in [-0.15, -0.1) is 0 Å². The predicted molar refractivity (Wildman–Crippen MR) is 145 cm³/mol. The van der Waals surface area contributed by atoms with Crippen LogP contribution >= 0.6 is 0 Å². The minimum Gasteiger partial charge on any atom is -0.384 e. The number of pyridine rings is 1. The highest BCUT2D eigenvalue weighted by molar-refractivity contribution is 5.91. The summed E-state index contributed by atoms with van der Waals surface area (Å²) in [5.41, 5.74) is 10.2. The Morgan fingerprint density at radius 1 is 1.22 bits per heavy atom. The monoisotopic (exact) mass is 499 g/mol. The van der Waals surface area contributed by atoms with Gasteiger partial charge in [0.15, 0.2) is 0 Å². The molecule has 3 aliphatic rings. The summed E-state index contributed by atoms with van der Waals surface area (Å²) in [7, 11) is 0. The predicted octanol–water partition coefficient (Wildman–Crippen LogP) is 3.40. The molecule has 4 atom stereocenters. The molecule has 7 heteroatoms. The Morgan fingerprint density at radius 2 is 2.03 bits per heavy atom. The summed E-state index contributed by atoms with van der Waals surface area (Å²) < 4.78 is 0. The summed E-state index contributed by atoms with van der Waals surface area (Å²) in [4.78, 5) is 32.0. The molecule has 2 aliphatic heterocycles. The third-order valence-electron chi connectivity index (χ3n) is 8.21. The Labute approximate surface area is 219 Å². The first-order valence-corrected chi connectivity index (χ1v) is 13.3. The van der Waals surface area contributed by atoms with E-state index in [1.165, 1.54) is 11.1 Å². The first-order chi connectivity index (χ1) is 17.8. The Kier molecular flexibility index (Phi) is 7.15. The molecular weight excluding hydrogens is 462 g/mol. The van der Waals surface area contributed by atoms with Gasteiger partial charge < -0.3 is 21.3 Å². The molecule has 1 aromatic heterocycles. The van der Waals surface area contributed by atoms with Crippen molar-refractivity contribution in [2.24, 2.45) is 5.92 Å². The van der Waals surface area contributed by atoms with Crippen molar-refractivity contribution in [2.75, 3.05) is 18.8 Å². The van der Waals surface area contributed by atoms with Crippen LogP contribution in [0.25, 0.3) is 0 Å². The molecule has 0 radical (unpaired) electrons. The second kappa shape index (κ2) is 10.5. The number of allylic oxidation sites excluding steroid dienone is 4. The largest absolute Gasteiger partial charge is 0.384 e. The zero-order valence-electron chi connectivity index (χ0n) is 21.7. The molecule has 7 nitrogen and oxygen atoms in total. The van der Waals surface area contributed by atoms with Crippen LogP contribution < -0.4 is 16.4 Å². The molecule has 2 aromatic rings. The normalized spacial score (nSPS) is 26.9. The lowest BCUT2D eigenvalue weighted by Crippen LogP contribution is -2.61. The average molecular weight is 500 g/mol. The van der Waals surface area contributed by atoms with E-state index in [1.54, 1.807) is 11.0 Å². The quantitative estimate of drug-likeness (QED) is 0.542. The van der Waals surface area contributed by atoms with Gasteiger partial charge in [0.2, 0.25) is 11.8 Å². The highest BCUT2D eigenvalue weighted by Crippen LogP contribution is 2.36. The van der Waals surface area contributed by atoms with Crippen molar-refractivity contribution < 1.29 is 9.59 Å². The fraction of sp³-hybridized carbons (Fsp3) is 0.433. The maximum Gasteiger partial charge on any atom is 0.243 e. The first kappa shape index (κ1) is 25.2. The first-order valence-electron chi connectivity index (χ1n) is 13.3. The number of carbonyl (C=O) groups is 2. The standard InChI is InChI=1S/C30H37N5O2/c1-20-23(8-9-27(31)34-20)19-33-28(36)26-12-15-35(26)29(37)25-17-22(18-32-25)16-21-10-13-30(2,14-11-21)24-6-4-3-5-7-24/h3-11,13,22,25-26,32H,12,14-19H2,1-2H3,(H2,31,34)(H,33,36)/t22-,25+,26-,30?/m0/s1.